The highest BCUT2D eigenvalue weighted by molar-refractivity contribution is 7.99. The number of aliphatic hydroxyl groups is 1. The van der Waals surface area contributed by atoms with Gasteiger partial charge in [0.25, 0.3) is 0 Å². The third-order valence-electron chi connectivity index (χ3n) is 4.61. The van der Waals surface area contributed by atoms with Crippen molar-refractivity contribution >= 4 is 11.8 Å². The average molecular weight is 261 g/mol. The molecule has 18 heavy (non-hydrogen) atoms. The normalized spacial score (nSPS) is 29.9. The summed E-state index contributed by atoms with van der Waals surface area (Å²) in [6.45, 7) is 2.93. The van der Waals surface area contributed by atoms with Crippen molar-refractivity contribution < 1.29 is 5.11 Å². The Morgan fingerprint density at radius 3 is 2.83 bits per heavy atom. The molecule has 3 heteroatoms. The zero-order valence-electron chi connectivity index (χ0n) is 10.5. The lowest BCUT2D eigenvalue weighted by molar-refractivity contribution is -0.114. The van der Waals surface area contributed by atoms with Crippen LogP contribution in [0.2, 0.25) is 0 Å². The lowest BCUT2D eigenvalue weighted by atomic mass is 9.87. The summed E-state index contributed by atoms with van der Waals surface area (Å²) in [4.78, 5) is 3.89. The SMILES string of the molecule is OC1(C2CC2)CN(CC2CSc3ccccc32)C1. The molecule has 1 aliphatic carbocycles. The Morgan fingerprint density at radius 1 is 1.28 bits per heavy atom. The van der Waals surface area contributed by atoms with E-state index in [2.05, 4.69) is 29.2 Å². The summed E-state index contributed by atoms with van der Waals surface area (Å²) in [6.07, 6.45) is 2.49. The quantitative estimate of drug-likeness (QED) is 0.903. The monoisotopic (exact) mass is 261 g/mol. The predicted octanol–water partition coefficient (Wildman–Crippen LogP) is 2.33. The molecule has 1 saturated heterocycles. The Balaban J connectivity index is 1.40. The second-order valence-corrected chi connectivity index (χ2v) is 7.16. The molecule has 0 radical (unpaired) electrons. The summed E-state index contributed by atoms with van der Waals surface area (Å²) in [7, 11) is 0. The molecular weight excluding hydrogens is 242 g/mol. The Hall–Kier alpha value is -0.510. The standard InChI is InChI=1S/C15H19NOS/c17-15(12-5-6-12)9-16(10-15)7-11-8-18-14-4-2-1-3-13(11)14/h1-4,11-12,17H,5-10H2. The van der Waals surface area contributed by atoms with Crippen LogP contribution in [0.5, 0.6) is 0 Å². The van der Waals surface area contributed by atoms with E-state index >= 15 is 0 Å². The van der Waals surface area contributed by atoms with Crippen LogP contribution in [-0.2, 0) is 0 Å². The van der Waals surface area contributed by atoms with Gasteiger partial charge in [0.05, 0.1) is 5.60 Å². The molecule has 96 valence electrons. The molecular formula is C15H19NOS. The minimum absolute atomic E-state index is 0.328. The minimum Gasteiger partial charge on any atom is -0.387 e. The number of β-amino-alcohol motifs (C(OH)–C–C–N with tert-alkyl or cyclic N) is 1. The number of nitrogens with zero attached hydrogens (tertiary/aromatic N) is 1. The topological polar surface area (TPSA) is 23.5 Å². The van der Waals surface area contributed by atoms with E-state index in [9.17, 15) is 5.11 Å². The first-order chi connectivity index (χ1) is 8.74. The van der Waals surface area contributed by atoms with Gasteiger partial charge in [0.1, 0.15) is 0 Å². The van der Waals surface area contributed by atoms with Crippen LogP contribution in [0.25, 0.3) is 0 Å². The highest BCUT2D eigenvalue weighted by Crippen LogP contribution is 2.46. The number of thioether (sulfide) groups is 1. The van der Waals surface area contributed by atoms with Gasteiger partial charge in [-0.05, 0) is 30.4 Å². The molecule has 0 bridgehead atoms. The molecule has 1 saturated carbocycles. The van der Waals surface area contributed by atoms with E-state index in [0.29, 0.717) is 11.8 Å². The summed E-state index contributed by atoms with van der Waals surface area (Å²) in [5.41, 5.74) is 1.19. The van der Waals surface area contributed by atoms with Gasteiger partial charge in [-0.25, -0.2) is 0 Å². The number of benzene rings is 1. The lowest BCUT2D eigenvalue weighted by Gasteiger charge is -2.48. The Bertz CT molecular complexity index is 465. The zero-order chi connectivity index (χ0) is 12.2. The highest BCUT2D eigenvalue weighted by atomic mass is 32.2. The molecule has 2 nitrogen and oxygen atoms in total. The molecule has 1 aromatic carbocycles. The van der Waals surface area contributed by atoms with Crippen LogP contribution in [-0.4, -0.2) is 41.0 Å². The maximum absolute atomic E-state index is 10.3. The van der Waals surface area contributed by atoms with Gasteiger partial charge in [-0.1, -0.05) is 18.2 Å². The van der Waals surface area contributed by atoms with E-state index in [1.54, 1.807) is 0 Å². The number of rotatable bonds is 3. The molecule has 0 spiro atoms. The Labute approximate surface area is 112 Å². The van der Waals surface area contributed by atoms with Gasteiger partial charge in [-0.3, -0.25) is 4.90 Å². The molecule has 2 heterocycles. The first-order valence-electron chi connectivity index (χ1n) is 6.91. The third kappa shape index (κ3) is 1.80. The van der Waals surface area contributed by atoms with Crippen LogP contribution >= 0.6 is 11.8 Å². The third-order valence-corrected chi connectivity index (χ3v) is 5.86. The van der Waals surface area contributed by atoms with Crippen molar-refractivity contribution in [2.24, 2.45) is 5.92 Å². The van der Waals surface area contributed by atoms with Crippen molar-refractivity contribution in [3.63, 3.8) is 0 Å². The fourth-order valence-electron chi connectivity index (χ4n) is 3.43. The van der Waals surface area contributed by atoms with E-state index in [1.165, 1.54) is 29.1 Å². The van der Waals surface area contributed by atoms with Crippen molar-refractivity contribution in [1.29, 1.82) is 0 Å². The molecule has 0 amide bonds. The van der Waals surface area contributed by atoms with E-state index in [0.717, 1.165) is 19.6 Å². The van der Waals surface area contributed by atoms with Crippen LogP contribution in [0.4, 0.5) is 0 Å². The van der Waals surface area contributed by atoms with Crippen LogP contribution < -0.4 is 0 Å². The van der Waals surface area contributed by atoms with Gasteiger partial charge < -0.3 is 5.11 Å². The summed E-state index contributed by atoms with van der Waals surface area (Å²) in [6, 6.07) is 8.78. The highest BCUT2D eigenvalue weighted by Gasteiger charge is 2.52. The van der Waals surface area contributed by atoms with Gasteiger partial charge in [0, 0.05) is 36.2 Å². The van der Waals surface area contributed by atoms with Crippen molar-refractivity contribution in [2.75, 3.05) is 25.4 Å². The molecule has 2 fully saturated rings. The minimum atomic E-state index is -0.328. The van der Waals surface area contributed by atoms with Crippen molar-refractivity contribution in [2.45, 2.75) is 29.3 Å². The van der Waals surface area contributed by atoms with Crippen molar-refractivity contribution in [1.82, 2.24) is 4.90 Å². The Morgan fingerprint density at radius 2 is 2.06 bits per heavy atom. The molecule has 0 aromatic heterocycles. The van der Waals surface area contributed by atoms with Gasteiger partial charge in [-0.2, -0.15) is 0 Å². The molecule has 2 aliphatic heterocycles. The fourth-order valence-corrected chi connectivity index (χ4v) is 4.67. The van der Waals surface area contributed by atoms with Gasteiger partial charge in [-0.15, -0.1) is 11.8 Å². The summed E-state index contributed by atoms with van der Waals surface area (Å²) < 4.78 is 0. The second-order valence-electron chi connectivity index (χ2n) is 6.09. The zero-order valence-corrected chi connectivity index (χ0v) is 11.3. The number of hydrogen-bond donors (Lipinski definition) is 1. The van der Waals surface area contributed by atoms with E-state index in [-0.39, 0.29) is 5.60 Å². The lowest BCUT2D eigenvalue weighted by Crippen LogP contribution is -2.63. The number of likely N-dealkylation sites (tertiary alicyclic amines) is 1. The van der Waals surface area contributed by atoms with Gasteiger partial charge in [0.2, 0.25) is 0 Å². The van der Waals surface area contributed by atoms with Crippen LogP contribution in [0, 0.1) is 5.92 Å². The van der Waals surface area contributed by atoms with Crippen LogP contribution in [0.15, 0.2) is 29.2 Å². The summed E-state index contributed by atoms with van der Waals surface area (Å²) in [5, 5.41) is 10.3. The van der Waals surface area contributed by atoms with E-state index in [4.69, 9.17) is 0 Å². The smallest absolute Gasteiger partial charge is 0.0928 e. The van der Waals surface area contributed by atoms with E-state index < -0.39 is 0 Å². The first kappa shape index (κ1) is 11.3. The summed E-state index contributed by atoms with van der Waals surface area (Å²) in [5.74, 6) is 2.48. The average Bonchev–Trinajstić information content (AvgIpc) is 3.11. The molecule has 1 atom stereocenters. The molecule has 3 aliphatic rings. The first-order valence-corrected chi connectivity index (χ1v) is 7.90. The maximum atomic E-state index is 10.3. The van der Waals surface area contributed by atoms with Gasteiger partial charge in [0.15, 0.2) is 0 Å². The van der Waals surface area contributed by atoms with E-state index in [1.807, 2.05) is 11.8 Å². The maximum Gasteiger partial charge on any atom is 0.0928 e. The largest absolute Gasteiger partial charge is 0.387 e. The van der Waals surface area contributed by atoms with Gasteiger partial charge >= 0.3 is 0 Å². The number of hydrogen-bond acceptors (Lipinski definition) is 3. The predicted molar refractivity (Wildman–Crippen MR) is 74.0 cm³/mol. The Kier molecular flexibility index (Phi) is 2.51. The van der Waals surface area contributed by atoms with Crippen molar-refractivity contribution in [3.05, 3.63) is 29.8 Å². The molecule has 4 rings (SSSR count). The van der Waals surface area contributed by atoms with Crippen molar-refractivity contribution in [3.8, 4) is 0 Å². The second kappa shape index (κ2) is 3.99. The van der Waals surface area contributed by atoms with Crippen LogP contribution in [0.3, 0.4) is 0 Å². The summed E-state index contributed by atoms with van der Waals surface area (Å²) >= 11 is 1.98. The molecule has 1 unspecified atom stereocenters. The van der Waals surface area contributed by atoms with Crippen LogP contribution in [0.1, 0.15) is 24.3 Å². The molecule has 1 N–H and O–H groups in total. The fraction of sp³-hybridized carbons (Fsp3) is 0.600. The number of fused-ring (bicyclic) bond motifs is 1. The molecule has 1 aromatic rings.